The lowest BCUT2D eigenvalue weighted by Gasteiger charge is -2.07. The van der Waals surface area contributed by atoms with E-state index in [1.807, 2.05) is 0 Å². The van der Waals surface area contributed by atoms with E-state index >= 15 is 0 Å². The van der Waals surface area contributed by atoms with Crippen LogP contribution in [0.5, 0.6) is 0 Å². The van der Waals surface area contributed by atoms with Crippen LogP contribution in [-0.2, 0) is 0 Å². The number of nitrogen functional groups attached to an aromatic ring is 3. The number of nitrogens with two attached hydrogens (primary N) is 3. The fourth-order valence-electron chi connectivity index (χ4n) is 2.00. The molecule has 0 saturated carbocycles. The highest BCUT2D eigenvalue weighted by Gasteiger charge is 2.19. The number of fused-ring (bicyclic) bond motifs is 1. The summed E-state index contributed by atoms with van der Waals surface area (Å²) in [6.45, 7) is 3.56. The van der Waals surface area contributed by atoms with Crippen LogP contribution < -0.4 is 17.2 Å². The summed E-state index contributed by atoms with van der Waals surface area (Å²) >= 11 is 0. The maximum Gasteiger partial charge on any atom is 0.224 e. The maximum atomic E-state index is 5.93. The molecule has 0 bridgehead atoms. The van der Waals surface area contributed by atoms with Crippen LogP contribution in [0.2, 0.25) is 0 Å². The van der Waals surface area contributed by atoms with Gasteiger partial charge in [-0.05, 0) is 13.8 Å². The van der Waals surface area contributed by atoms with E-state index in [4.69, 9.17) is 21.7 Å². The summed E-state index contributed by atoms with van der Waals surface area (Å²) in [5.74, 6) is 0.962. The second-order valence-corrected chi connectivity index (χ2v) is 4.30. The Kier molecular flexibility index (Phi) is 2.43. The second-order valence-electron chi connectivity index (χ2n) is 4.30. The molecule has 0 amide bonds. The SMILES string of the molecule is Cc1noc(C)c1-c1nc2c(N)nc(N)nc2nc1N. The molecule has 0 saturated heterocycles. The summed E-state index contributed by atoms with van der Waals surface area (Å²) in [6.07, 6.45) is 0. The van der Waals surface area contributed by atoms with Crippen molar-refractivity contribution in [2.24, 2.45) is 0 Å². The molecule has 3 rings (SSSR count). The number of rotatable bonds is 1. The average Bonchev–Trinajstić information content (AvgIpc) is 2.69. The van der Waals surface area contributed by atoms with Crippen molar-refractivity contribution in [3.63, 3.8) is 0 Å². The largest absolute Gasteiger partial charge is 0.382 e. The molecule has 9 heteroatoms. The third kappa shape index (κ3) is 1.67. The van der Waals surface area contributed by atoms with E-state index < -0.39 is 0 Å². The lowest BCUT2D eigenvalue weighted by Crippen LogP contribution is -2.06. The molecular formula is C11H12N8O. The minimum Gasteiger partial charge on any atom is -0.382 e. The maximum absolute atomic E-state index is 5.93. The minimum atomic E-state index is 0.0220. The van der Waals surface area contributed by atoms with Crippen LogP contribution in [0.15, 0.2) is 4.52 Å². The first kappa shape index (κ1) is 12.1. The van der Waals surface area contributed by atoms with E-state index in [1.165, 1.54) is 0 Å². The molecule has 20 heavy (non-hydrogen) atoms. The van der Waals surface area contributed by atoms with Crippen molar-refractivity contribution in [2.45, 2.75) is 13.8 Å². The highest BCUT2D eigenvalue weighted by molar-refractivity contribution is 5.87. The van der Waals surface area contributed by atoms with E-state index in [0.717, 1.165) is 0 Å². The lowest BCUT2D eigenvalue weighted by atomic mass is 10.1. The van der Waals surface area contributed by atoms with Gasteiger partial charge in [-0.3, -0.25) is 0 Å². The Morgan fingerprint density at radius 1 is 0.900 bits per heavy atom. The van der Waals surface area contributed by atoms with Crippen molar-refractivity contribution in [1.29, 1.82) is 0 Å². The minimum absolute atomic E-state index is 0.0220. The molecule has 0 aliphatic rings. The molecule has 6 N–H and O–H groups in total. The summed E-state index contributed by atoms with van der Waals surface area (Å²) in [5.41, 5.74) is 19.6. The van der Waals surface area contributed by atoms with Crippen LogP contribution in [0.4, 0.5) is 17.6 Å². The molecule has 0 fully saturated rings. The summed E-state index contributed by atoms with van der Waals surface area (Å²) in [7, 11) is 0. The van der Waals surface area contributed by atoms with Crippen LogP contribution in [0.1, 0.15) is 11.5 Å². The summed E-state index contributed by atoms with van der Waals surface area (Å²) in [6, 6.07) is 0. The van der Waals surface area contributed by atoms with Gasteiger partial charge in [0.2, 0.25) is 5.95 Å². The van der Waals surface area contributed by atoms with Gasteiger partial charge in [0.05, 0.1) is 11.3 Å². The Balaban J connectivity index is 2.36. The molecular weight excluding hydrogens is 260 g/mol. The normalized spacial score (nSPS) is 11.1. The summed E-state index contributed by atoms with van der Waals surface area (Å²) in [5, 5.41) is 3.87. The van der Waals surface area contributed by atoms with Gasteiger partial charge in [-0.15, -0.1) is 0 Å². The van der Waals surface area contributed by atoms with Crippen LogP contribution in [0.25, 0.3) is 22.4 Å². The first-order valence-corrected chi connectivity index (χ1v) is 5.77. The van der Waals surface area contributed by atoms with Gasteiger partial charge in [0.1, 0.15) is 11.5 Å². The molecule has 0 aliphatic heterocycles. The van der Waals surface area contributed by atoms with Gasteiger partial charge in [0, 0.05) is 0 Å². The highest BCUT2D eigenvalue weighted by Crippen LogP contribution is 2.30. The van der Waals surface area contributed by atoms with Crippen LogP contribution in [-0.4, -0.2) is 25.1 Å². The van der Waals surface area contributed by atoms with Crippen LogP contribution >= 0.6 is 0 Å². The molecule has 9 nitrogen and oxygen atoms in total. The topological polar surface area (TPSA) is 156 Å². The highest BCUT2D eigenvalue weighted by atomic mass is 16.5. The lowest BCUT2D eigenvalue weighted by molar-refractivity contribution is 0.393. The Hall–Kier alpha value is -2.97. The zero-order valence-electron chi connectivity index (χ0n) is 10.9. The molecule has 3 heterocycles. The predicted octanol–water partition coefficient (Wildman–Crippen LogP) is 0.438. The zero-order valence-corrected chi connectivity index (χ0v) is 10.9. The number of hydrogen-bond donors (Lipinski definition) is 3. The molecule has 102 valence electrons. The van der Waals surface area contributed by atoms with Crippen molar-refractivity contribution < 1.29 is 4.52 Å². The quantitative estimate of drug-likeness (QED) is 0.571. The molecule has 0 atom stereocenters. The van der Waals surface area contributed by atoms with Crippen molar-refractivity contribution in [1.82, 2.24) is 25.1 Å². The number of aromatic nitrogens is 5. The Morgan fingerprint density at radius 3 is 2.30 bits per heavy atom. The second kappa shape index (κ2) is 4.02. The van der Waals surface area contributed by atoms with Gasteiger partial charge < -0.3 is 21.7 Å². The van der Waals surface area contributed by atoms with Crippen molar-refractivity contribution in [3.05, 3.63) is 11.5 Å². The molecule has 0 unspecified atom stereocenters. The van der Waals surface area contributed by atoms with Gasteiger partial charge in [0.25, 0.3) is 0 Å². The van der Waals surface area contributed by atoms with E-state index in [0.29, 0.717) is 28.2 Å². The number of hydrogen-bond acceptors (Lipinski definition) is 9. The first-order chi connectivity index (χ1) is 9.47. The Morgan fingerprint density at radius 2 is 1.65 bits per heavy atom. The summed E-state index contributed by atoms with van der Waals surface area (Å²) in [4.78, 5) is 16.4. The monoisotopic (exact) mass is 272 g/mol. The average molecular weight is 272 g/mol. The fourth-order valence-corrected chi connectivity index (χ4v) is 2.00. The summed E-state index contributed by atoms with van der Waals surface area (Å²) < 4.78 is 5.11. The van der Waals surface area contributed by atoms with E-state index in [2.05, 4.69) is 25.1 Å². The third-order valence-electron chi connectivity index (χ3n) is 2.87. The van der Waals surface area contributed by atoms with Crippen LogP contribution in [0, 0.1) is 13.8 Å². The Labute approximate surface area is 113 Å². The van der Waals surface area contributed by atoms with Crippen molar-refractivity contribution in [2.75, 3.05) is 17.2 Å². The molecule has 0 spiro atoms. The molecule has 0 aliphatic carbocycles. The number of anilines is 3. The van der Waals surface area contributed by atoms with Gasteiger partial charge in [-0.2, -0.15) is 9.97 Å². The smallest absolute Gasteiger partial charge is 0.224 e. The standard InChI is InChI=1S/C11H12N8O/c1-3-5(4(2)20-19-3)6-8(12)16-10-7(15-6)9(13)17-11(14)18-10/h1-2H3,(H6,12,13,14,16,17,18). The van der Waals surface area contributed by atoms with Gasteiger partial charge in [-0.25, -0.2) is 9.97 Å². The number of nitrogens with zero attached hydrogens (tertiary/aromatic N) is 5. The molecule has 0 radical (unpaired) electrons. The molecule has 0 aromatic carbocycles. The number of aryl methyl sites for hydroxylation is 2. The van der Waals surface area contributed by atoms with Gasteiger partial charge in [0.15, 0.2) is 22.8 Å². The van der Waals surface area contributed by atoms with Gasteiger partial charge >= 0.3 is 0 Å². The molecule has 3 aromatic rings. The van der Waals surface area contributed by atoms with E-state index in [9.17, 15) is 0 Å². The Bertz CT molecular complexity index is 805. The van der Waals surface area contributed by atoms with Gasteiger partial charge in [-0.1, -0.05) is 5.16 Å². The third-order valence-corrected chi connectivity index (χ3v) is 2.87. The predicted molar refractivity (Wildman–Crippen MR) is 73.3 cm³/mol. The van der Waals surface area contributed by atoms with Crippen LogP contribution in [0.3, 0.4) is 0 Å². The fraction of sp³-hybridized carbons (Fsp3) is 0.182. The zero-order chi connectivity index (χ0) is 14.4. The van der Waals surface area contributed by atoms with E-state index in [-0.39, 0.29) is 23.2 Å². The molecule has 3 aromatic heterocycles. The van der Waals surface area contributed by atoms with Crippen molar-refractivity contribution >= 4 is 28.7 Å². The first-order valence-electron chi connectivity index (χ1n) is 5.77. The van der Waals surface area contributed by atoms with E-state index in [1.54, 1.807) is 13.8 Å². The van der Waals surface area contributed by atoms with Crippen molar-refractivity contribution in [3.8, 4) is 11.3 Å².